The zero-order valence-corrected chi connectivity index (χ0v) is 13.9. The maximum atomic E-state index is 11.9. The second-order valence-corrected chi connectivity index (χ2v) is 4.87. The normalized spacial score (nSPS) is 11.4. The van der Waals surface area contributed by atoms with Gasteiger partial charge in [-0.2, -0.15) is 0 Å². The van der Waals surface area contributed by atoms with Crippen molar-refractivity contribution in [1.29, 1.82) is 0 Å². The van der Waals surface area contributed by atoms with Crippen molar-refractivity contribution < 1.29 is 24.3 Å². The summed E-state index contributed by atoms with van der Waals surface area (Å²) in [5.41, 5.74) is 1.96. The van der Waals surface area contributed by atoms with Gasteiger partial charge < -0.3 is 19.5 Å². The number of hydrogen-bond acceptors (Lipinski definition) is 7. The number of nitrogens with zero attached hydrogens (tertiary/aromatic N) is 2. The Morgan fingerprint density at radius 2 is 1.96 bits per heavy atom. The van der Waals surface area contributed by atoms with E-state index in [9.17, 15) is 9.90 Å². The number of aromatic hydroxyl groups is 1. The predicted molar refractivity (Wildman–Crippen MR) is 92.5 cm³/mol. The van der Waals surface area contributed by atoms with E-state index in [1.807, 2.05) is 6.07 Å². The van der Waals surface area contributed by atoms with Gasteiger partial charge in [-0.3, -0.25) is 0 Å². The summed E-state index contributed by atoms with van der Waals surface area (Å²) in [7, 11) is 2.62. The van der Waals surface area contributed by atoms with Crippen molar-refractivity contribution in [3.05, 3.63) is 65.2 Å². The second-order valence-electron chi connectivity index (χ2n) is 4.87. The summed E-state index contributed by atoms with van der Waals surface area (Å²) in [6.07, 6.45) is 1.48. The molecule has 2 aromatic rings. The number of esters is 1. The molecule has 0 aliphatic heterocycles. The number of carbonyl (C=O) groups excluding carboxylic acids is 1. The quantitative estimate of drug-likeness (QED) is 0.474. The summed E-state index contributed by atoms with van der Waals surface area (Å²) in [6.45, 7) is 0.116. The molecule has 7 nitrogen and oxygen atoms in total. The molecule has 0 radical (unpaired) electrons. The van der Waals surface area contributed by atoms with Gasteiger partial charge in [-0.1, -0.05) is 46.7 Å². The molecule has 0 saturated carbocycles. The molecule has 0 spiro atoms. The van der Waals surface area contributed by atoms with E-state index in [-0.39, 0.29) is 18.1 Å². The minimum absolute atomic E-state index is 0.0427. The number of phenols is 1. The van der Waals surface area contributed by atoms with Crippen LogP contribution in [-0.4, -0.2) is 37.2 Å². The molecular formula is C18H18N2O5. The number of phenolic OH excluding ortho intramolecular Hbond substituents is 1. The van der Waals surface area contributed by atoms with E-state index in [0.717, 1.165) is 0 Å². The number of rotatable bonds is 7. The molecule has 7 heteroatoms. The Kier molecular flexibility index (Phi) is 6.53. The van der Waals surface area contributed by atoms with Crippen LogP contribution in [0.25, 0.3) is 0 Å². The molecule has 0 fully saturated rings. The molecule has 0 aliphatic carbocycles. The van der Waals surface area contributed by atoms with E-state index in [2.05, 4.69) is 10.3 Å². The third kappa shape index (κ3) is 5.07. The van der Waals surface area contributed by atoms with Crippen LogP contribution in [0.1, 0.15) is 16.7 Å². The summed E-state index contributed by atoms with van der Waals surface area (Å²) in [4.78, 5) is 21.9. The molecule has 1 N–H and O–H groups in total. The van der Waals surface area contributed by atoms with Crippen LogP contribution in [0.15, 0.2) is 58.8 Å². The zero-order valence-electron chi connectivity index (χ0n) is 13.9. The molecule has 0 heterocycles. The first-order valence-corrected chi connectivity index (χ1v) is 7.37. The van der Waals surface area contributed by atoms with Crippen molar-refractivity contribution in [3.8, 4) is 5.75 Å². The number of benzene rings is 2. The molecule has 0 aromatic heterocycles. The van der Waals surface area contributed by atoms with Crippen LogP contribution in [0.5, 0.6) is 5.75 Å². The summed E-state index contributed by atoms with van der Waals surface area (Å²) in [5, 5.41) is 17.0. The van der Waals surface area contributed by atoms with Gasteiger partial charge in [0, 0.05) is 11.1 Å². The van der Waals surface area contributed by atoms with Gasteiger partial charge >= 0.3 is 5.97 Å². The average Bonchev–Trinajstić information content (AvgIpc) is 2.63. The number of methoxy groups -OCH3 is 1. The lowest BCUT2D eigenvalue weighted by molar-refractivity contribution is -0.132. The highest BCUT2D eigenvalue weighted by Gasteiger charge is 2.19. The number of carbonyl (C=O) groups is 1. The van der Waals surface area contributed by atoms with E-state index in [1.54, 1.807) is 42.5 Å². The van der Waals surface area contributed by atoms with Crippen molar-refractivity contribution in [2.75, 3.05) is 14.2 Å². The molecule has 0 saturated heterocycles. The van der Waals surface area contributed by atoms with Gasteiger partial charge in [-0.15, -0.1) is 0 Å². The minimum Gasteiger partial charge on any atom is -0.508 e. The van der Waals surface area contributed by atoms with Crippen molar-refractivity contribution >= 4 is 17.9 Å². The van der Waals surface area contributed by atoms with E-state index in [4.69, 9.17) is 14.4 Å². The van der Waals surface area contributed by atoms with Crippen molar-refractivity contribution in [2.45, 2.75) is 6.61 Å². The van der Waals surface area contributed by atoms with Gasteiger partial charge in [0.25, 0.3) is 0 Å². The Morgan fingerprint density at radius 3 is 2.68 bits per heavy atom. The lowest BCUT2D eigenvalue weighted by Gasteiger charge is -2.09. The van der Waals surface area contributed by atoms with Crippen LogP contribution < -0.4 is 0 Å². The lowest BCUT2D eigenvalue weighted by atomic mass is 10.0. The van der Waals surface area contributed by atoms with E-state index in [1.165, 1.54) is 20.4 Å². The molecule has 0 unspecified atom stereocenters. The first kappa shape index (κ1) is 18.0. The van der Waals surface area contributed by atoms with Crippen molar-refractivity contribution in [2.24, 2.45) is 10.3 Å². The maximum absolute atomic E-state index is 11.9. The first-order valence-electron chi connectivity index (χ1n) is 7.37. The monoisotopic (exact) mass is 342 g/mol. The highest BCUT2D eigenvalue weighted by molar-refractivity contribution is 6.43. The third-order valence-electron chi connectivity index (χ3n) is 3.20. The van der Waals surface area contributed by atoms with Crippen molar-refractivity contribution in [1.82, 2.24) is 0 Å². The fourth-order valence-corrected chi connectivity index (χ4v) is 2.07. The van der Waals surface area contributed by atoms with Gasteiger partial charge in [-0.25, -0.2) is 4.79 Å². The first-order chi connectivity index (χ1) is 12.2. The minimum atomic E-state index is -0.613. The molecule has 0 aliphatic rings. The standard InChI is InChI=1S/C18H18N2O5/c1-23-18(22)17(20-24-2)16-9-4-3-7-14(16)12-25-19-11-13-6-5-8-15(21)10-13/h3-11,21H,12H2,1-2H3/b19-11?,20-17+. The van der Waals surface area contributed by atoms with Crippen LogP contribution in [-0.2, 0) is 25.8 Å². The molecule has 0 atom stereocenters. The molecule has 25 heavy (non-hydrogen) atoms. The number of oxime groups is 2. The summed E-state index contributed by atoms with van der Waals surface area (Å²) in [5.74, 6) is -0.467. The molecule has 130 valence electrons. The van der Waals surface area contributed by atoms with Gasteiger partial charge in [0.15, 0.2) is 5.71 Å². The van der Waals surface area contributed by atoms with Crippen molar-refractivity contribution in [3.63, 3.8) is 0 Å². The second kappa shape index (κ2) is 9.07. The van der Waals surface area contributed by atoms with Gasteiger partial charge in [0.05, 0.1) is 13.3 Å². The van der Waals surface area contributed by atoms with Crippen LogP contribution in [0, 0.1) is 0 Å². The highest BCUT2D eigenvalue weighted by Crippen LogP contribution is 2.14. The van der Waals surface area contributed by atoms with Crippen LogP contribution >= 0.6 is 0 Å². The van der Waals surface area contributed by atoms with Crippen LogP contribution in [0.2, 0.25) is 0 Å². The molecule has 2 aromatic carbocycles. The smallest absolute Gasteiger partial charge is 0.360 e. The zero-order chi connectivity index (χ0) is 18.1. The summed E-state index contributed by atoms with van der Waals surface area (Å²) < 4.78 is 4.73. The van der Waals surface area contributed by atoms with E-state index >= 15 is 0 Å². The van der Waals surface area contributed by atoms with E-state index in [0.29, 0.717) is 16.7 Å². The Morgan fingerprint density at radius 1 is 1.16 bits per heavy atom. The fourth-order valence-electron chi connectivity index (χ4n) is 2.07. The third-order valence-corrected chi connectivity index (χ3v) is 3.20. The number of hydrogen-bond donors (Lipinski definition) is 1. The maximum Gasteiger partial charge on any atom is 0.360 e. The Bertz CT molecular complexity index is 787. The van der Waals surface area contributed by atoms with Gasteiger partial charge in [0.2, 0.25) is 0 Å². The SMILES string of the molecule is CO/N=C(/C(=O)OC)c1ccccc1CON=Cc1cccc(O)c1. The fraction of sp³-hybridized carbons (Fsp3) is 0.167. The molecular weight excluding hydrogens is 324 g/mol. The predicted octanol–water partition coefficient (Wildman–Crippen LogP) is 2.47. The molecule has 0 amide bonds. The average molecular weight is 342 g/mol. The van der Waals surface area contributed by atoms with Crippen LogP contribution in [0.4, 0.5) is 0 Å². The topological polar surface area (TPSA) is 89.7 Å². The summed E-state index contributed by atoms with van der Waals surface area (Å²) >= 11 is 0. The van der Waals surface area contributed by atoms with Gasteiger partial charge in [-0.05, 0) is 17.7 Å². The Labute approximate surface area is 145 Å². The number of ether oxygens (including phenoxy) is 1. The Hall–Kier alpha value is -3.35. The Balaban J connectivity index is 2.12. The van der Waals surface area contributed by atoms with Gasteiger partial charge in [0.1, 0.15) is 19.5 Å². The largest absolute Gasteiger partial charge is 0.508 e. The summed E-state index contributed by atoms with van der Waals surface area (Å²) in [6, 6.07) is 13.7. The van der Waals surface area contributed by atoms with E-state index < -0.39 is 5.97 Å². The molecule has 0 bridgehead atoms. The lowest BCUT2D eigenvalue weighted by Crippen LogP contribution is -2.19. The molecule has 2 rings (SSSR count). The van der Waals surface area contributed by atoms with Crippen LogP contribution in [0.3, 0.4) is 0 Å². The highest BCUT2D eigenvalue weighted by atomic mass is 16.6.